The summed E-state index contributed by atoms with van der Waals surface area (Å²) < 4.78 is 123. The number of benzene rings is 3. The summed E-state index contributed by atoms with van der Waals surface area (Å²) in [5, 5.41) is 8.79. The number of rotatable bonds is 23. The number of amides is 3. The molecule has 34 heteroatoms. The Labute approximate surface area is 662 Å². The van der Waals surface area contributed by atoms with Crippen molar-refractivity contribution in [3.8, 4) is 45.1 Å². The summed E-state index contributed by atoms with van der Waals surface area (Å²) >= 11 is 0. The third-order valence-corrected chi connectivity index (χ3v) is 24.3. The average molecular weight is 1620 g/mol. The molecule has 604 valence electrons. The number of likely N-dealkylation sites (tertiary alicyclic amines) is 2. The van der Waals surface area contributed by atoms with Gasteiger partial charge in [-0.1, -0.05) is 54.0 Å². The van der Waals surface area contributed by atoms with Crippen LogP contribution in [0.5, 0.6) is 11.8 Å². The number of hydrogen-bond donors (Lipinski definition) is 5. The molecular weight excluding hydrogens is 1520 g/mol. The Morgan fingerprint density at radius 1 is 0.500 bits per heavy atom. The highest BCUT2D eigenvalue weighted by Gasteiger charge is 2.60. The van der Waals surface area contributed by atoms with Gasteiger partial charge >= 0.3 is 0 Å². The zero-order valence-corrected chi connectivity index (χ0v) is 68.8. The summed E-state index contributed by atoms with van der Waals surface area (Å²) in [6.45, 7) is 19.4. The third kappa shape index (κ3) is 15.2. The molecule has 0 atom stereocenters. The topological polar surface area (TPSA) is 332 Å². The molecule has 7 aliphatic rings. The number of sulfonamides is 3. The Bertz CT molecular complexity index is 5490. The molecule has 3 aromatic carbocycles. The molecule has 3 spiro atoms. The predicted molar refractivity (Wildman–Crippen MR) is 441 cm³/mol. The number of pyridine rings is 6. The highest BCUT2D eigenvalue weighted by molar-refractivity contribution is 7.92. The van der Waals surface area contributed by atoms with Crippen LogP contribution < -0.4 is 53.9 Å². The lowest BCUT2D eigenvalue weighted by atomic mass is 9.64. The largest absolute Gasteiger partial charge is 0.475 e. The number of nitrogens with one attached hydrogen (secondary N) is 5. The zero-order valence-electron chi connectivity index (χ0n) is 66.4. The molecule has 5 N–H and O–H groups in total. The Balaban J connectivity index is 0.000000142. The fourth-order valence-electron chi connectivity index (χ4n) is 16.6. The van der Waals surface area contributed by atoms with Crippen LogP contribution in [0.25, 0.3) is 66.1 Å². The number of hydrogen-bond acceptors (Lipinski definition) is 23. The number of fused-ring (bicyclic) bond motifs is 12. The fourth-order valence-corrected chi connectivity index (χ4v) is 18.3. The summed E-state index contributed by atoms with van der Waals surface area (Å²) in [7, 11) is -1.43. The second-order valence-corrected chi connectivity index (χ2v) is 36.8. The maximum absolute atomic E-state index is 15.5. The van der Waals surface area contributed by atoms with Gasteiger partial charge in [0.2, 0.25) is 59.6 Å². The molecule has 1 aliphatic carbocycles. The molecule has 114 heavy (non-hydrogen) atoms. The number of halogens is 2. The first kappa shape index (κ1) is 80.7. The Kier molecular flexibility index (Phi) is 21.7. The van der Waals surface area contributed by atoms with E-state index in [2.05, 4.69) is 89.2 Å². The van der Waals surface area contributed by atoms with Crippen molar-refractivity contribution >= 4 is 120 Å². The van der Waals surface area contributed by atoms with E-state index in [4.69, 9.17) is 14.5 Å². The van der Waals surface area contributed by atoms with Crippen molar-refractivity contribution in [2.45, 2.75) is 95.2 Å². The molecule has 3 saturated heterocycles. The molecular formula is C80H96F2N18O11S3. The maximum atomic E-state index is 15.5. The van der Waals surface area contributed by atoms with Gasteiger partial charge in [0, 0.05) is 183 Å². The summed E-state index contributed by atoms with van der Waals surface area (Å²) in [5.41, 5.74) is 8.57. The maximum Gasteiger partial charge on any atom is 0.240 e. The smallest absolute Gasteiger partial charge is 0.240 e. The minimum Gasteiger partial charge on any atom is -0.475 e. The summed E-state index contributed by atoms with van der Waals surface area (Å²) in [6.07, 6.45) is 15.7. The van der Waals surface area contributed by atoms with Crippen LogP contribution in [0.15, 0.2) is 97.8 Å². The number of likely N-dealkylation sites (N-methyl/N-ethyl adjacent to an activating group) is 6. The lowest BCUT2D eigenvalue weighted by Gasteiger charge is -2.46. The molecule has 0 radical (unpaired) electrons. The summed E-state index contributed by atoms with van der Waals surface area (Å²) in [6, 6.07) is 17.9. The monoisotopic (exact) mass is 1620 g/mol. The highest BCUT2D eigenvalue weighted by atomic mass is 32.2. The number of ether oxygens (including phenoxy) is 2. The number of anilines is 7. The van der Waals surface area contributed by atoms with Crippen LogP contribution in [0.1, 0.15) is 77.5 Å². The van der Waals surface area contributed by atoms with E-state index in [1.54, 1.807) is 65.7 Å². The Morgan fingerprint density at radius 3 is 1.30 bits per heavy atom. The van der Waals surface area contributed by atoms with Crippen molar-refractivity contribution in [2.24, 2.45) is 0 Å². The lowest BCUT2D eigenvalue weighted by Crippen LogP contribution is -2.63. The predicted octanol–water partition coefficient (Wildman–Crippen LogP) is 8.28. The van der Waals surface area contributed by atoms with Crippen molar-refractivity contribution in [3.05, 3.63) is 126 Å². The van der Waals surface area contributed by atoms with E-state index in [-0.39, 0.29) is 77.3 Å². The number of carbonyl (C=O) groups excluding carboxylic acids is 3. The number of carbonyl (C=O) groups is 3. The van der Waals surface area contributed by atoms with Gasteiger partial charge < -0.3 is 54.4 Å². The van der Waals surface area contributed by atoms with Gasteiger partial charge in [0.1, 0.15) is 47.1 Å². The molecule has 6 aliphatic heterocycles. The second-order valence-electron chi connectivity index (χ2n) is 31.6. The van der Waals surface area contributed by atoms with E-state index in [0.717, 1.165) is 120 Å². The van der Waals surface area contributed by atoms with Crippen molar-refractivity contribution < 1.29 is 57.9 Å². The molecule has 3 amide bonds. The molecule has 12 heterocycles. The number of aromatic nitrogens is 6. The SMILES string of the molecule is CCN1CC2(C1)C(=O)N(C)c1cnc3cc(F)c(-c4cnc(OCCNC(C)C)c(NS(C)(=O)=O)c4)cc3c12.CCN1CC2(C1)C(=O)N(C)c1cnc3cc(F)c(-c4cnc(OCCNC(C)C)c(NS(C)(=O)=O)c4)cc3c12.CN1C(=O)C2(CCC2)c2c1cnc1ccc(-c3cnc(N4CC(N(C)C)C4)c(NS(C)(=O)=O)c3)cc21. The normalized spacial score (nSPS) is 17.4. The van der Waals surface area contributed by atoms with Crippen LogP contribution in [-0.4, -0.2) is 238 Å². The van der Waals surface area contributed by atoms with Gasteiger partial charge in [0.05, 0.1) is 82.1 Å². The molecule has 1 saturated carbocycles. The Hall–Kier alpha value is -9.94. The first-order valence-corrected chi connectivity index (χ1v) is 43.7. The van der Waals surface area contributed by atoms with Gasteiger partial charge in [0.15, 0.2) is 5.82 Å². The van der Waals surface area contributed by atoms with E-state index in [9.17, 15) is 39.6 Å². The first-order valence-electron chi connectivity index (χ1n) is 38.0. The van der Waals surface area contributed by atoms with Gasteiger partial charge in [0.25, 0.3) is 0 Å². The molecule has 0 bridgehead atoms. The molecule has 16 rings (SSSR count). The molecule has 4 fully saturated rings. The fraction of sp³-hybridized carbons (Fsp3) is 0.438. The van der Waals surface area contributed by atoms with Crippen LogP contribution in [0, 0.1) is 11.6 Å². The van der Waals surface area contributed by atoms with Crippen LogP contribution >= 0.6 is 0 Å². The minimum atomic E-state index is -3.66. The van der Waals surface area contributed by atoms with Gasteiger partial charge in [-0.05, 0) is 88.1 Å². The van der Waals surface area contributed by atoms with E-state index in [1.807, 2.05) is 67.0 Å². The van der Waals surface area contributed by atoms with Crippen LogP contribution in [0.4, 0.5) is 48.7 Å². The van der Waals surface area contributed by atoms with Gasteiger partial charge in [-0.15, -0.1) is 0 Å². The highest BCUT2D eigenvalue weighted by Crippen LogP contribution is 2.56. The van der Waals surface area contributed by atoms with Gasteiger partial charge in [-0.3, -0.25) is 43.5 Å². The zero-order chi connectivity index (χ0) is 81.6. The molecule has 9 aromatic rings. The quantitative estimate of drug-likeness (QED) is 0.0376. The molecule has 29 nitrogen and oxygen atoms in total. The minimum absolute atomic E-state index is 0.0112. The molecule has 6 aromatic heterocycles. The second kappa shape index (κ2) is 30.7. The van der Waals surface area contributed by atoms with Gasteiger partial charge in [-0.2, -0.15) is 0 Å². The van der Waals surface area contributed by atoms with E-state index in [1.165, 1.54) is 36.7 Å². The van der Waals surface area contributed by atoms with Crippen LogP contribution in [0.2, 0.25) is 0 Å². The Morgan fingerprint density at radius 2 is 0.895 bits per heavy atom. The van der Waals surface area contributed by atoms with Crippen LogP contribution in [0.3, 0.4) is 0 Å². The van der Waals surface area contributed by atoms with E-state index < -0.39 is 57.9 Å². The summed E-state index contributed by atoms with van der Waals surface area (Å²) in [4.78, 5) is 80.4. The lowest BCUT2D eigenvalue weighted by molar-refractivity contribution is -0.129. The van der Waals surface area contributed by atoms with Crippen LogP contribution in [-0.2, 0) is 60.7 Å². The average Bonchev–Trinajstić information content (AvgIpc) is 1.59. The van der Waals surface area contributed by atoms with E-state index in [0.29, 0.717) is 89.7 Å². The van der Waals surface area contributed by atoms with Crippen molar-refractivity contribution in [1.82, 2.24) is 55.2 Å². The van der Waals surface area contributed by atoms with Crippen molar-refractivity contribution in [3.63, 3.8) is 0 Å². The first-order chi connectivity index (χ1) is 53.9. The number of nitrogens with zero attached hydrogens (tertiary/aromatic N) is 13. The standard InChI is InChI=1S/2C27H33FN6O4S.C26H30N6O3S/c2*1-6-34-14-27(15-34)24-19-10-18(20(28)11-21(19)30-13-23(24)33(4)26(27)35)17-9-22(32-39(5,36)37)25(31-12-17)38-8-7-29-16(2)3;1-30(2)18-14-32(15-18)24-21(29-36(4,34)35)11-17(12-28-24)16-6-7-20-19(10-16)23-22(13-27-20)31(3)25(33)26(23)8-5-9-26/h2*9-13,16,29,32H,6-8,14-15H2,1-5H3;6-7,10-13,18,29H,5,8-9,14-15H2,1-4H3. The third-order valence-electron chi connectivity index (χ3n) is 22.5. The summed E-state index contributed by atoms with van der Waals surface area (Å²) in [5.74, 6) is -0.0717. The van der Waals surface area contributed by atoms with Crippen molar-refractivity contribution in [2.75, 3.05) is 166 Å². The van der Waals surface area contributed by atoms with Gasteiger partial charge in [-0.25, -0.2) is 49.0 Å². The molecule has 0 unspecified atom stereocenters. The van der Waals surface area contributed by atoms with E-state index >= 15 is 8.78 Å². The van der Waals surface area contributed by atoms with Crippen molar-refractivity contribution in [1.29, 1.82) is 0 Å².